The fourth-order valence-electron chi connectivity index (χ4n) is 3.61. The SMILES string of the molecule is CC[C@]1(C)NC(=O)N(CC(=O)N2CC[NH+](CC(=O)Nc3cccc(F)c3)CC2)C1=O. The molecule has 1 aromatic rings. The van der Waals surface area contributed by atoms with E-state index in [2.05, 4.69) is 10.6 Å². The standard InChI is InChI=1S/C20H26FN5O4/c1-3-20(2)18(29)26(19(30)23-20)13-17(28)25-9-7-24(8-10-25)12-16(27)22-15-6-4-5-14(21)11-15/h4-6,11H,3,7-10,12-13H2,1-2H3,(H,22,27)(H,23,30)/p+1/t20-/m0/s1. The smallest absolute Gasteiger partial charge is 0.325 e. The number of hydrogen-bond donors (Lipinski definition) is 3. The molecular formula is C20H27FN5O4+. The van der Waals surface area contributed by atoms with Crippen molar-refractivity contribution in [2.45, 2.75) is 25.8 Å². The van der Waals surface area contributed by atoms with Gasteiger partial charge in [-0.3, -0.25) is 19.3 Å². The first-order valence-corrected chi connectivity index (χ1v) is 10.0. The van der Waals surface area contributed by atoms with Gasteiger partial charge in [-0.1, -0.05) is 13.0 Å². The molecule has 30 heavy (non-hydrogen) atoms. The van der Waals surface area contributed by atoms with Gasteiger partial charge < -0.3 is 20.4 Å². The predicted octanol–water partition coefficient (Wildman–Crippen LogP) is -0.788. The number of anilines is 1. The minimum absolute atomic E-state index is 0.209. The summed E-state index contributed by atoms with van der Waals surface area (Å²) in [6, 6.07) is 5.15. The van der Waals surface area contributed by atoms with Gasteiger partial charge in [0.25, 0.3) is 11.8 Å². The van der Waals surface area contributed by atoms with E-state index in [0.717, 1.165) is 9.80 Å². The maximum absolute atomic E-state index is 13.2. The van der Waals surface area contributed by atoms with Crippen LogP contribution in [0.4, 0.5) is 14.9 Å². The normalized spacial score (nSPS) is 22.2. The third-order valence-corrected chi connectivity index (χ3v) is 5.69. The summed E-state index contributed by atoms with van der Waals surface area (Å²) in [7, 11) is 0. The second kappa shape index (κ2) is 8.78. The van der Waals surface area contributed by atoms with Gasteiger partial charge in [-0.2, -0.15) is 0 Å². The Hall–Kier alpha value is -3.01. The van der Waals surface area contributed by atoms with Gasteiger partial charge in [0.2, 0.25) is 5.91 Å². The summed E-state index contributed by atoms with van der Waals surface area (Å²) in [5, 5.41) is 5.30. The molecule has 9 nitrogen and oxygen atoms in total. The fraction of sp³-hybridized carbons (Fsp3) is 0.500. The van der Waals surface area contributed by atoms with Crippen molar-refractivity contribution in [3.8, 4) is 0 Å². The van der Waals surface area contributed by atoms with E-state index in [1.807, 2.05) is 0 Å². The van der Waals surface area contributed by atoms with Crippen LogP contribution in [0.25, 0.3) is 0 Å². The van der Waals surface area contributed by atoms with Crippen molar-refractivity contribution >= 4 is 29.4 Å². The third kappa shape index (κ3) is 4.76. The summed E-state index contributed by atoms with van der Waals surface area (Å²) in [4.78, 5) is 52.8. The van der Waals surface area contributed by atoms with Crippen LogP contribution in [-0.4, -0.2) is 78.4 Å². The predicted molar refractivity (Wildman–Crippen MR) is 106 cm³/mol. The molecule has 1 aromatic carbocycles. The van der Waals surface area contributed by atoms with Crippen molar-refractivity contribution < 1.29 is 28.5 Å². The Kier molecular flexibility index (Phi) is 6.35. The number of urea groups is 1. The lowest BCUT2D eigenvalue weighted by Gasteiger charge is -2.32. The third-order valence-electron chi connectivity index (χ3n) is 5.69. The molecule has 1 atom stereocenters. The summed E-state index contributed by atoms with van der Waals surface area (Å²) < 4.78 is 13.2. The molecule has 0 aromatic heterocycles. The van der Waals surface area contributed by atoms with Gasteiger partial charge in [-0.15, -0.1) is 0 Å². The maximum Gasteiger partial charge on any atom is 0.325 e. The summed E-state index contributed by atoms with van der Waals surface area (Å²) in [6.07, 6.45) is 0.446. The molecule has 2 fully saturated rings. The van der Waals surface area contributed by atoms with Crippen molar-refractivity contribution in [3.05, 3.63) is 30.1 Å². The average molecular weight is 420 g/mol. The van der Waals surface area contributed by atoms with Crippen molar-refractivity contribution in [1.29, 1.82) is 0 Å². The topological polar surface area (TPSA) is 103 Å². The second-order valence-corrected chi connectivity index (χ2v) is 7.87. The molecular weight excluding hydrogens is 393 g/mol. The number of imide groups is 1. The Morgan fingerprint density at radius 1 is 1.27 bits per heavy atom. The van der Waals surface area contributed by atoms with E-state index in [9.17, 15) is 23.6 Å². The van der Waals surface area contributed by atoms with Crippen molar-refractivity contribution in [3.63, 3.8) is 0 Å². The average Bonchev–Trinajstić information content (AvgIpc) is 2.92. The number of amides is 5. The van der Waals surface area contributed by atoms with Crippen LogP contribution in [0.3, 0.4) is 0 Å². The quantitative estimate of drug-likeness (QED) is 0.525. The Labute approximate surface area is 174 Å². The highest BCUT2D eigenvalue weighted by Gasteiger charge is 2.47. The van der Waals surface area contributed by atoms with Crippen LogP contribution >= 0.6 is 0 Å². The second-order valence-electron chi connectivity index (χ2n) is 7.87. The number of nitrogens with zero attached hydrogens (tertiary/aromatic N) is 2. The number of carbonyl (C=O) groups excluding carboxylic acids is 4. The summed E-state index contributed by atoms with van der Waals surface area (Å²) in [6.45, 7) is 5.36. The summed E-state index contributed by atoms with van der Waals surface area (Å²) in [5.41, 5.74) is -0.559. The lowest BCUT2D eigenvalue weighted by atomic mass is 9.99. The molecule has 0 spiro atoms. The summed E-state index contributed by atoms with van der Waals surface area (Å²) >= 11 is 0. The van der Waals surface area contributed by atoms with Gasteiger partial charge in [-0.05, 0) is 31.5 Å². The van der Waals surface area contributed by atoms with Crippen molar-refractivity contribution in [2.24, 2.45) is 0 Å². The molecule has 2 aliphatic heterocycles. The van der Waals surface area contributed by atoms with E-state index < -0.39 is 17.4 Å². The Bertz CT molecular complexity index is 855. The molecule has 0 saturated carbocycles. The molecule has 5 amide bonds. The molecule has 162 valence electrons. The molecule has 2 aliphatic rings. The van der Waals surface area contributed by atoms with Gasteiger partial charge in [0.05, 0.1) is 26.2 Å². The minimum Gasteiger partial charge on any atom is -0.330 e. The van der Waals surface area contributed by atoms with E-state index in [0.29, 0.717) is 38.3 Å². The first-order chi connectivity index (χ1) is 14.2. The molecule has 0 radical (unpaired) electrons. The van der Waals surface area contributed by atoms with Crippen molar-refractivity contribution in [1.82, 2.24) is 15.1 Å². The molecule has 0 unspecified atom stereocenters. The number of nitrogens with one attached hydrogen (secondary N) is 3. The highest BCUT2D eigenvalue weighted by Crippen LogP contribution is 2.20. The molecule has 0 aliphatic carbocycles. The summed E-state index contributed by atoms with van der Waals surface area (Å²) in [5.74, 6) is -1.33. The number of hydrogen-bond acceptors (Lipinski definition) is 4. The number of quaternary nitrogens is 1. The zero-order valence-electron chi connectivity index (χ0n) is 17.2. The van der Waals surface area contributed by atoms with E-state index >= 15 is 0 Å². The zero-order valence-corrected chi connectivity index (χ0v) is 17.2. The Balaban J connectivity index is 1.46. The molecule has 0 bridgehead atoms. The first-order valence-electron chi connectivity index (χ1n) is 10.0. The first kappa shape index (κ1) is 21.7. The largest absolute Gasteiger partial charge is 0.330 e. The van der Waals surface area contributed by atoms with Gasteiger partial charge in [-0.25, -0.2) is 9.18 Å². The van der Waals surface area contributed by atoms with Crippen LogP contribution in [0.5, 0.6) is 0 Å². The van der Waals surface area contributed by atoms with E-state index in [1.54, 1.807) is 24.8 Å². The number of halogens is 1. The van der Waals surface area contributed by atoms with Crippen LogP contribution < -0.4 is 15.5 Å². The highest BCUT2D eigenvalue weighted by atomic mass is 19.1. The van der Waals surface area contributed by atoms with Crippen LogP contribution in [0.2, 0.25) is 0 Å². The molecule has 3 N–H and O–H groups in total. The maximum atomic E-state index is 13.2. The number of piperazine rings is 1. The van der Waals surface area contributed by atoms with E-state index in [1.165, 1.54) is 18.2 Å². The van der Waals surface area contributed by atoms with Gasteiger partial charge in [0.15, 0.2) is 6.54 Å². The van der Waals surface area contributed by atoms with E-state index in [-0.39, 0.29) is 30.8 Å². The molecule has 2 saturated heterocycles. The molecule has 2 heterocycles. The monoisotopic (exact) mass is 420 g/mol. The van der Waals surface area contributed by atoms with Gasteiger partial charge in [0.1, 0.15) is 17.9 Å². The molecule has 10 heteroatoms. The van der Waals surface area contributed by atoms with Gasteiger partial charge in [0, 0.05) is 5.69 Å². The zero-order chi connectivity index (χ0) is 21.9. The van der Waals surface area contributed by atoms with E-state index in [4.69, 9.17) is 0 Å². The van der Waals surface area contributed by atoms with Gasteiger partial charge >= 0.3 is 6.03 Å². The van der Waals surface area contributed by atoms with Crippen LogP contribution in [-0.2, 0) is 14.4 Å². The van der Waals surface area contributed by atoms with Crippen LogP contribution in [0, 0.1) is 5.82 Å². The number of benzene rings is 1. The molecule has 3 rings (SSSR count). The highest BCUT2D eigenvalue weighted by molar-refractivity contribution is 6.08. The van der Waals surface area contributed by atoms with Crippen molar-refractivity contribution in [2.75, 3.05) is 44.6 Å². The lowest BCUT2D eigenvalue weighted by molar-refractivity contribution is -0.895. The minimum atomic E-state index is -0.963. The Morgan fingerprint density at radius 3 is 2.57 bits per heavy atom. The Morgan fingerprint density at radius 2 is 1.97 bits per heavy atom. The number of rotatable bonds is 6. The lowest BCUT2D eigenvalue weighted by Crippen LogP contribution is -3.15. The van der Waals surface area contributed by atoms with Crippen LogP contribution in [0.15, 0.2) is 24.3 Å². The van der Waals surface area contributed by atoms with Crippen LogP contribution in [0.1, 0.15) is 20.3 Å². The fourth-order valence-corrected chi connectivity index (χ4v) is 3.61. The number of carbonyl (C=O) groups is 4.